The normalized spacial score (nSPS) is 24.9. The molecule has 124 valence electrons. The summed E-state index contributed by atoms with van der Waals surface area (Å²) in [7, 11) is 0. The Balaban J connectivity index is 1.37. The average Bonchev–Trinajstić information content (AvgIpc) is 3.23. The molecule has 2 fully saturated rings. The Hall–Kier alpha value is -2.43. The highest BCUT2D eigenvalue weighted by atomic mass is 16.2. The number of fused-ring (bicyclic) bond motifs is 3. The fourth-order valence-electron chi connectivity index (χ4n) is 4.34. The van der Waals surface area contributed by atoms with Crippen LogP contribution in [0.15, 0.2) is 36.7 Å². The van der Waals surface area contributed by atoms with Gasteiger partial charge in [0.2, 0.25) is 0 Å². The molecule has 1 aromatic heterocycles. The monoisotopic (exact) mass is 323 g/mol. The molecule has 1 heterocycles. The van der Waals surface area contributed by atoms with E-state index in [4.69, 9.17) is 0 Å². The number of anilines is 1. The Kier molecular flexibility index (Phi) is 3.92. The molecule has 2 saturated carbocycles. The molecule has 0 unspecified atom stereocenters. The van der Waals surface area contributed by atoms with Gasteiger partial charge in [-0.15, -0.1) is 0 Å². The molecule has 2 amide bonds. The van der Waals surface area contributed by atoms with E-state index in [-0.39, 0.29) is 0 Å². The van der Waals surface area contributed by atoms with Crippen LogP contribution in [0.1, 0.15) is 25.7 Å². The van der Waals surface area contributed by atoms with Crippen molar-refractivity contribution >= 4 is 28.3 Å². The van der Waals surface area contributed by atoms with E-state index in [1.54, 1.807) is 18.5 Å². The van der Waals surface area contributed by atoms with Gasteiger partial charge in [-0.2, -0.15) is 0 Å². The number of rotatable bonds is 3. The number of hydrogen-bond acceptors (Lipinski definition) is 3. The van der Waals surface area contributed by atoms with E-state index < -0.39 is 11.8 Å². The van der Waals surface area contributed by atoms with Crippen LogP contribution < -0.4 is 10.6 Å². The van der Waals surface area contributed by atoms with Crippen molar-refractivity contribution in [1.82, 2.24) is 10.3 Å². The lowest BCUT2D eigenvalue weighted by atomic mass is 9.89. The molecule has 0 aliphatic heterocycles. The summed E-state index contributed by atoms with van der Waals surface area (Å²) in [5, 5.41) is 7.33. The molecule has 4 rings (SSSR count). The largest absolute Gasteiger partial charge is 0.348 e. The number of amides is 2. The maximum Gasteiger partial charge on any atom is 0.313 e. The first-order valence-electron chi connectivity index (χ1n) is 8.62. The smallest absolute Gasteiger partial charge is 0.313 e. The summed E-state index contributed by atoms with van der Waals surface area (Å²) in [6, 6.07) is 7.39. The second-order valence-electron chi connectivity index (χ2n) is 7.00. The van der Waals surface area contributed by atoms with Crippen molar-refractivity contribution in [3.63, 3.8) is 0 Å². The van der Waals surface area contributed by atoms with E-state index in [1.807, 2.05) is 18.2 Å². The fourth-order valence-corrected chi connectivity index (χ4v) is 4.34. The molecule has 2 aromatic rings. The third kappa shape index (κ3) is 2.86. The first kappa shape index (κ1) is 15.1. The number of carbonyl (C=O) groups is 2. The zero-order valence-electron chi connectivity index (χ0n) is 13.5. The third-order valence-corrected chi connectivity index (χ3v) is 5.54. The molecule has 3 atom stereocenters. The summed E-state index contributed by atoms with van der Waals surface area (Å²) < 4.78 is 0. The van der Waals surface area contributed by atoms with Crippen molar-refractivity contribution in [2.45, 2.75) is 25.7 Å². The number of pyridine rings is 1. The Morgan fingerprint density at radius 2 is 2.04 bits per heavy atom. The van der Waals surface area contributed by atoms with Gasteiger partial charge in [-0.05, 0) is 49.1 Å². The first-order valence-corrected chi connectivity index (χ1v) is 8.62. The molecular formula is C19H21N3O2. The van der Waals surface area contributed by atoms with Crippen molar-refractivity contribution < 1.29 is 9.59 Å². The molecule has 0 saturated heterocycles. The summed E-state index contributed by atoms with van der Waals surface area (Å²) in [6.07, 6.45) is 8.53. The number of nitrogens with one attached hydrogen (secondary N) is 2. The minimum atomic E-state index is -0.609. The zero-order chi connectivity index (χ0) is 16.5. The quantitative estimate of drug-likeness (QED) is 0.853. The van der Waals surface area contributed by atoms with E-state index in [0.29, 0.717) is 18.2 Å². The van der Waals surface area contributed by atoms with E-state index >= 15 is 0 Å². The molecule has 0 spiro atoms. The van der Waals surface area contributed by atoms with Crippen LogP contribution in [0.25, 0.3) is 10.8 Å². The van der Waals surface area contributed by atoms with Crippen LogP contribution in [0.3, 0.4) is 0 Å². The summed E-state index contributed by atoms with van der Waals surface area (Å²) >= 11 is 0. The van der Waals surface area contributed by atoms with Crippen molar-refractivity contribution in [1.29, 1.82) is 0 Å². The standard InChI is InChI=1S/C19H21N3O2/c23-18(21-11-15-9-12-4-5-13(15)8-12)19(24)22-17-3-1-2-14-10-20-7-6-16(14)17/h1-3,6-7,10,12-13,15H,4-5,8-9,11H2,(H,21,23)(H,22,24)/t12-,13-,15+/m0/s1. The maximum absolute atomic E-state index is 12.2. The van der Waals surface area contributed by atoms with Gasteiger partial charge in [-0.3, -0.25) is 14.6 Å². The highest BCUT2D eigenvalue weighted by Crippen LogP contribution is 2.47. The highest BCUT2D eigenvalue weighted by molar-refractivity contribution is 6.40. The summed E-state index contributed by atoms with van der Waals surface area (Å²) in [6.45, 7) is 0.618. The lowest BCUT2D eigenvalue weighted by molar-refractivity contribution is -0.136. The maximum atomic E-state index is 12.2. The van der Waals surface area contributed by atoms with Crippen molar-refractivity contribution in [2.24, 2.45) is 17.8 Å². The highest BCUT2D eigenvalue weighted by Gasteiger charge is 2.39. The number of nitrogens with zero attached hydrogens (tertiary/aromatic N) is 1. The van der Waals surface area contributed by atoms with Crippen LogP contribution in [0, 0.1) is 17.8 Å². The summed E-state index contributed by atoms with van der Waals surface area (Å²) in [4.78, 5) is 28.4. The first-order chi connectivity index (χ1) is 11.7. The Labute approximate surface area is 140 Å². The molecule has 2 aliphatic rings. The van der Waals surface area contributed by atoms with Crippen LogP contribution in [0.5, 0.6) is 0 Å². The Morgan fingerprint density at radius 1 is 1.12 bits per heavy atom. The zero-order valence-corrected chi connectivity index (χ0v) is 13.5. The number of aromatic nitrogens is 1. The van der Waals surface area contributed by atoms with Gasteiger partial charge in [0, 0.05) is 35.4 Å². The number of carbonyl (C=O) groups excluding carboxylic acids is 2. The van der Waals surface area contributed by atoms with Crippen LogP contribution in [0.2, 0.25) is 0 Å². The lowest BCUT2D eigenvalue weighted by Crippen LogP contribution is -2.39. The predicted molar refractivity (Wildman–Crippen MR) is 92.3 cm³/mol. The Bertz CT molecular complexity index is 784. The van der Waals surface area contributed by atoms with Crippen molar-refractivity contribution in [3.05, 3.63) is 36.7 Å². The summed E-state index contributed by atoms with van der Waals surface area (Å²) in [5.74, 6) is 0.967. The second kappa shape index (κ2) is 6.23. The van der Waals surface area contributed by atoms with Gasteiger partial charge < -0.3 is 10.6 Å². The minimum absolute atomic E-state index is 0.545. The van der Waals surface area contributed by atoms with Crippen molar-refractivity contribution in [3.8, 4) is 0 Å². The minimum Gasteiger partial charge on any atom is -0.348 e. The number of benzene rings is 1. The van der Waals surface area contributed by atoms with Crippen LogP contribution >= 0.6 is 0 Å². The number of hydrogen-bond donors (Lipinski definition) is 2. The predicted octanol–water partition coefficient (Wildman–Crippen LogP) is 2.73. The average molecular weight is 323 g/mol. The van der Waals surface area contributed by atoms with Gasteiger partial charge in [0.25, 0.3) is 0 Å². The van der Waals surface area contributed by atoms with Crippen molar-refractivity contribution in [2.75, 3.05) is 11.9 Å². The summed E-state index contributed by atoms with van der Waals surface area (Å²) in [5.41, 5.74) is 0.634. The molecule has 2 N–H and O–H groups in total. The van der Waals surface area contributed by atoms with E-state index in [1.165, 1.54) is 25.7 Å². The van der Waals surface area contributed by atoms with Gasteiger partial charge in [-0.25, -0.2) is 0 Å². The molecular weight excluding hydrogens is 302 g/mol. The Morgan fingerprint density at radius 3 is 2.83 bits per heavy atom. The van der Waals surface area contributed by atoms with Gasteiger partial charge in [0.15, 0.2) is 0 Å². The topological polar surface area (TPSA) is 71.1 Å². The van der Waals surface area contributed by atoms with Crippen LogP contribution in [0.4, 0.5) is 5.69 Å². The second-order valence-corrected chi connectivity index (χ2v) is 7.00. The molecule has 5 heteroatoms. The molecule has 1 aromatic carbocycles. The molecule has 24 heavy (non-hydrogen) atoms. The fraction of sp³-hybridized carbons (Fsp3) is 0.421. The molecule has 2 bridgehead atoms. The van der Waals surface area contributed by atoms with E-state index in [9.17, 15) is 9.59 Å². The third-order valence-electron chi connectivity index (χ3n) is 5.54. The van der Waals surface area contributed by atoms with E-state index in [2.05, 4.69) is 15.6 Å². The van der Waals surface area contributed by atoms with Gasteiger partial charge in [0.1, 0.15) is 0 Å². The van der Waals surface area contributed by atoms with Gasteiger partial charge in [0.05, 0.1) is 0 Å². The van der Waals surface area contributed by atoms with Crippen LogP contribution in [-0.2, 0) is 9.59 Å². The molecule has 5 nitrogen and oxygen atoms in total. The van der Waals surface area contributed by atoms with E-state index in [0.717, 1.165) is 22.6 Å². The van der Waals surface area contributed by atoms with Crippen LogP contribution in [-0.4, -0.2) is 23.3 Å². The van der Waals surface area contributed by atoms with Gasteiger partial charge in [-0.1, -0.05) is 18.6 Å². The van der Waals surface area contributed by atoms with Gasteiger partial charge >= 0.3 is 11.8 Å². The lowest BCUT2D eigenvalue weighted by Gasteiger charge is -2.21. The SMILES string of the molecule is O=C(NC[C@H]1C[C@H]2CC[C@H]1C2)C(=O)Nc1cccc2cnccc12. The molecule has 2 aliphatic carbocycles. The molecule has 0 radical (unpaired) electrons.